The van der Waals surface area contributed by atoms with Crippen LogP contribution in [0.5, 0.6) is 5.75 Å². The first kappa shape index (κ1) is 19.7. The smallest absolute Gasteiger partial charge is 0.145 e. The number of rotatable bonds is 14. The minimum Gasteiger partial charge on any atom is -0.491 e. The summed E-state index contributed by atoms with van der Waals surface area (Å²) in [6, 6.07) is 7.83. The van der Waals surface area contributed by atoms with Crippen LogP contribution in [0.2, 0.25) is 0 Å². The summed E-state index contributed by atoms with van der Waals surface area (Å²) in [4.78, 5) is 10.00. The van der Waals surface area contributed by atoms with E-state index in [2.05, 4.69) is 6.92 Å². The second-order valence-electron chi connectivity index (χ2n) is 4.90. The van der Waals surface area contributed by atoms with Gasteiger partial charge in [0.2, 0.25) is 0 Å². The molecule has 2 radical (unpaired) electrons. The van der Waals surface area contributed by atoms with E-state index in [0.29, 0.717) is 39.6 Å². The van der Waals surface area contributed by atoms with Gasteiger partial charge in [0.25, 0.3) is 0 Å². The topological polar surface area (TPSA) is 54.0 Å². The van der Waals surface area contributed by atoms with Gasteiger partial charge in [-0.15, -0.1) is 0 Å². The number of hydrogen-bond acceptors (Lipinski definition) is 5. The average Bonchev–Trinajstić information content (AvgIpc) is 2.59. The maximum Gasteiger partial charge on any atom is 0.145 e. The standard InChI is InChI=1S/C17H25BO5/c1-2-17(18)15-3-5-16(6-4-15)23-14-13-22-12-11-21-10-9-20-8-7-19/h3-7,17H,2,8-14H2,1H3. The van der Waals surface area contributed by atoms with Gasteiger partial charge in [-0.2, -0.15) is 0 Å². The molecule has 1 aromatic rings. The summed E-state index contributed by atoms with van der Waals surface area (Å²) in [6.45, 7) is 5.04. The molecule has 23 heavy (non-hydrogen) atoms. The molecule has 0 spiro atoms. The molecule has 0 fully saturated rings. The van der Waals surface area contributed by atoms with Crippen molar-refractivity contribution in [2.75, 3.05) is 46.2 Å². The van der Waals surface area contributed by atoms with Crippen molar-refractivity contribution in [1.82, 2.24) is 0 Å². The Labute approximate surface area is 139 Å². The van der Waals surface area contributed by atoms with Crippen molar-refractivity contribution in [3.8, 4) is 5.75 Å². The van der Waals surface area contributed by atoms with Crippen LogP contribution in [0.3, 0.4) is 0 Å². The number of aldehydes is 1. The van der Waals surface area contributed by atoms with E-state index in [1.165, 1.54) is 0 Å². The molecule has 0 saturated carbocycles. The molecule has 0 aromatic heterocycles. The van der Waals surface area contributed by atoms with Gasteiger partial charge < -0.3 is 23.7 Å². The summed E-state index contributed by atoms with van der Waals surface area (Å²) in [5, 5.41) is 0. The van der Waals surface area contributed by atoms with Gasteiger partial charge in [-0.05, 0) is 12.1 Å². The van der Waals surface area contributed by atoms with Crippen molar-refractivity contribution in [3.63, 3.8) is 0 Å². The lowest BCUT2D eigenvalue weighted by Gasteiger charge is -2.11. The van der Waals surface area contributed by atoms with E-state index in [1.54, 1.807) is 0 Å². The van der Waals surface area contributed by atoms with Crippen LogP contribution in [0.1, 0.15) is 24.7 Å². The molecular weight excluding hydrogens is 295 g/mol. The van der Waals surface area contributed by atoms with E-state index in [0.717, 1.165) is 24.0 Å². The molecule has 1 atom stereocenters. The Morgan fingerprint density at radius 3 is 2.09 bits per heavy atom. The fourth-order valence-corrected chi connectivity index (χ4v) is 1.84. The van der Waals surface area contributed by atoms with Gasteiger partial charge in [0.15, 0.2) is 0 Å². The number of benzene rings is 1. The summed E-state index contributed by atoms with van der Waals surface area (Å²) in [7, 11) is 5.96. The Balaban J connectivity index is 1.97. The number of ether oxygens (including phenoxy) is 4. The molecule has 0 N–H and O–H groups in total. The SMILES string of the molecule is [B]C(CC)c1ccc(OCCOCCOCCOCC=O)cc1. The summed E-state index contributed by atoms with van der Waals surface area (Å²) in [5.41, 5.74) is 1.12. The highest BCUT2D eigenvalue weighted by Gasteiger charge is 2.02. The zero-order valence-electron chi connectivity index (χ0n) is 13.7. The Morgan fingerprint density at radius 2 is 1.52 bits per heavy atom. The maximum absolute atomic E-state index is 10.00. The Morgan fingerprint density at radius 1 is 0.957 bits per heavy atom. The first-order chi connectivity index (χ1) is 11.3. The van der Waals surface area contributed by atoms with Gasteiger partial charge in [-0.3, -0.25) is 0 Å². The van der Waals surface area contributed by atoms with Crippen LogP contribution in [0, 0.1) is 0 Å². The molecule has 6 heteroatoms. The van der Waals surface area contributed by atoms with Gasteiger partial charge in [0, 0.05) is 0 Å². The van der Waals surface area contributed by atoms with E-state index >= 15 is 0 Å². The third kappa shape index (κ3) is 9.38. The van der Waals surface area contributed by atoms with E-state index < -0.39 is 0 Å². The minimum atomic E-state index is 0.0798. The van der Waals surface area contributed by atoms with Crippen molar-refractivity contribution in [2.45, 2.75) is 19.2 Å². The fraction of sp³-hybridized carbons (Fsp3) is 0.588. The summed E-state index contributed by atoms with van der Waals surface area (Å²) >= 11 is 0. The largest absolute Gasteiger partial charge is 0.491 e. The first-order valence-electron chi connectivity index (χ1n) is 7.93. The molecule has 0 aliphatic carbocycles. The van der Waals surface area contributed by atoms with E-state index in [4.69, 9.17) is 26.8 Å². The predicted octanol–water partition coefficient (Wildman–Crippen LogP) is 1.93. The lowest BCUT2D eigenvalue weighted by atomic mass is 9.79. The van der Waals surface area contributed by atoms with Crippen LogP contribution in [0.25, 0.3) is 0 Å². The van der Waals surface area contributed by atoms with Crippen LogP contribution >= 0.6 is 0 Å². The summed E-state index contributed by atoms with van der Waals surface area (Å²) < 4.78 is 21.2. The van der Waals surface area contributed by atoms with E-state index in [9.17, 15) is 4.79 Å². The first-order valence-corrected chi connectivity index (χ1v) is 7.93. The molecule has 0 aliphatic rings. The van der Waals surface area contributed by atoms with Crippen LogP contribution in [-0.4, -0.2) is 60.4 Å². The summed E-state index contributed by atoms with van der Waals surface area (Å²) in [5.74, 6) is 0.889. The lowest BCUT2D eigenvalue weighted by Crippen LogP contribution is -2.13. The van der Waals surface area contributed by atoms with Gasteiger partial charge >= 0.3 is 0 Å². The molecule has 0 saturated heterocycles. The molecule has 0 amide bonds. The van der Waals surface area contributed by atoms with Gasteiger partial charge in [-0.25, -0.2) is 0 Å². The third-order valence-electron chi connectivity index (χ3n) is 3.17. The van der Waals surface area contributed by atoms with Gasteiger partial charge in [-0.1, -0.05) is 36.9 Å². The molecule has 126 valence electrons. The quantitative estimate of drug-likeness (QED) is 0.298. The van der Waals surface area contributed by atoms with Crippen LogP contribution < -0.4 is 4.74 Å². The molecule has 1 aromatic carbocycles. The van der Waals surface area contributed by atoms with Crippen molar-refractivity contribution < 1.29 is 23.7 Å². The predicted molar refractivity (Wildman–Crippen MR) is 89.2 cm³/mol. The molecule has 0 aliphatic heterocycles. The normalized spacial score (nSPS) is 12.0. The monoisotopic (exact) mass is 320 g/mol. The highest BCUT2D eigenvalue weighted by Crippen LogP contribution is 2.19. The zero-order valence-corrected chi connectivity index (χ0v) is 13.7. The Hall–Kier alpha value is -1.37. The fourth-order valence-electron chi connectivity index (χ4n) is 1.84. The maximum atomic E-state index is 10.00. The number of carbonyl (C=O) groups is 1. The molecule has 1 rings (SSSR count). The molecule has 1 unspecified atom stereocenters. The highest BCUT2D eigenvalue weighted by molar-refractivity contribution is 6.12. The Bertz CT molecular complexity index is 410. The molecule has 0 heterocycles. The highest BCUT2D eigenvalue weighted by atomic mass is 16.6. The second kappa shape index (κ2) is 13.1. The minimum absolute atomic E-state index is 0.0798. The zero-order chi connectivity index (χ0) is 16.8. The molecular formula is C17H25BO5. The number of hydrogen-bond donors (Lipinski definition) is 0. The van der Waals surface area contributed by atoms with E-state index in [1.807, 2.05) is 24.3 Å². The third-order valence-corrected chi connectivity index (χ3v) is 3.17. The second-order valence-corrected chi connectivity index (χ2v) is 4.90. The number of carbonyl (C=O) groups excluding carboxylic acids is 1. The lowest BCUT2D eigenvalue weighted by molar-refractivity contribution is -0.112. The van der Waals surface area contributed by atoms with Crippen molar-refractivity contribution in [1.29, 1.82) is 0 Å². The van der Waals surface area contributed by atoms with Crippen molar-refractivity contribution in [3.05, 3.63) is 29.8 Å². The summed E-state index contributed by atoms with van der Waals surface area (Å²) in [6.07, 6.45) is 1.63. The van der Waals surface area contributed by atoms with E-state index in [-0.39, 0.29) is 12.4 Å². The van der Waals surface area contributed by atoms with Crippen LogP contribution in [0.15, 0.2) is 24.3 Å². The van der Waals surface area contributed by atoms with Gasteiger partial charge in [0.05, 0.1) is 40.9 Å². The van der Waals surface area contributed by atoms with Gasteiger partial charge in [0.1, 0.15) is 25.2 Å². The molecule has 0 bridgehead atoms. The van der Waals surface area contributed by atoms with Crippen LogP contribution in [0.4, 0.5) is 0 Å². The Kier molecular flexibility index (Phi) is 11.2. The van der Waals surface area contributed by atoms with Crippen molar-refractivity contribution >= 4 is 14.1 Å². The van der Waals surface area contributed by atoms with Crippen LogP contribution in [-0.2, 0) is 19.0 Å². The molecule has 5 nitrogen and oxygen atoms in total. The average molecular weight is 320 g/mol. The van der Waals surface area contributed by atoms with Crippen molar-refractivity contribution in [2.24, 2.45) is 0 Å².